The van der Waals surface area contributed by atoms with E-state index < -0.39 is 0 Å². The molecule has 6 heteroatoms. The molecule has 1 fully saturated rings. The third-order valence-electron chi connectivity index (χ3n) is 7.03. The molecule has 2 aliphatic rings. The normalized spacial score (nSPS) is 17.5. The average molecular weight is 449 g/mol. The van der Waals surface area contributed by atoms with Crippen molar-refractivity contribution >= 4 is 33.3 Å². The van der Waals surface area contributed by atoms with E-state index in [4.69, 9.17) is 9.97 Å². The van der Waals surface area contributed by atoms with Crippen molar-refractivity contribution in [3.05, 3.63) is 51.7 Å². The van der Waals surface area contributed by atoms with E-state index in [1.165, 1.54) is 40.7 Å². The predicted molar refractivity (Wildman–Crippen MR) is 132 cm³/mol. The van der Waals surface area contributed by atoms with Crippen LogP contribution in [-0.2, 0) is 12.8 Å². The Morgan fingerprint density at radius 1 is 1.06 bits per heavy atom. The van der Waals surface area contributed by atoms with E-state index in [1.807, 2.05) is 47.4 Å². The van der Waals surface area contributed by atoms with Gasteiger partial charge in [-0.15, -0.1) is 11.3 Å². The van der Waals surface area contributed by atoms with Gasteiger partial charge in [0.15, 0.2) is 0 Å². The summed E-state index contributed by atoms with van der Waals surface area (Å²) >= 11 is 1.88. The van der Waals surface area contributed by atoms with Crippen molar-refractivity contribution in [1.29, 1.82) is 0 Å². The molecule has 0 spiro atoms. The van der Waals surface area contributed by atoms with Gasteiger partial charge in [0.05, 0.1) is 5.39 Å². The molecule has 0 N–H and O–H groups in total. The first kappa shape index (κ1) is 21.4. The van der Waals surface area contributed by atoms with Crippen LogP contribution in [0.3, 0.4) is 0 Å². The van der Waals surface area contributed by atoms with Crippen LogP contribution in [0.4, 0.5) is 5.82 Å². The van der Waals surface area contributed by atoms with Crippen LogP contribution in [0.1, 0.15) is 71.2 Å². The summed E-state index contributed by atoms with van der Waals surface area (Å²) in [5, 5.41) is 1.29. The first-order valence-corrected chi connectivity index (χ1v) is 12.8. The third kappa shape index (κ3) is 3.90. The van der Waals surface area contributed by atoms with E-state index in [-0.39, 0.29) is 5.91 Å². The highest BCUT2D eigenvalue weighted by atomic mass is 32.1. The van der Waals surface area contributed by atoms with Gasteiger partial charge in [-0.3, -0.25) is 4.79 Å². The van der Waals surface area contributed by atoms with E-state index in [1.54, 1.807) is 0 Å². The van der Waals surface area contributed by atoms with Crippen molar-refractivity contribution in [2.75, 3.05) is 31.1 Å². The van der Waals surface area contributed by atoms with Crippen molar-refractivity contribution in [3.63, 3.8) is 0 Å². The minimum Gasteiger partial charge on any atom is -0.352 e. The molecule has 0 bridgehead atoms. The van der Waals surface area contributed by atoms with Crippen molar-refractivity contribution in [2.24, 2.45) is 0 Å². The van der Waals surface area contributed by atoms with Crippen LogP contribution < -0.4 is 4.90 Å². The van der Waals surface area contributed by atoms with Gasteiger partial charge in [-0.25, -0.2) is 9.97 Å². The second-order valence-electron chi connectivity index (χ2n) is 9.25. The summed E-state index contributed by atoms with van der Waals surface area (Å²) in [6.07, 6.45) is 5.88. The van der Waals surface area contributed by atoms with Gasteiger partial charge in [-0.05, 0) is 56.7 Å². The van der Waals surface area contributed by atoms with Crippen LogP contribution in [0.2, 0.25) is 0 Å². The number of anilines is 1. The standard InChI is InChI=1S/C26H32N4OS/c1-4-18(3)23-27-24(22-20-7-5-6-8-21(20)32-25(22)28-23)29-13-15-30(16-14-29)26(31)19-11-9-17(2)10-12-19/h9-12,18H,4-8,13-16H2,1-3H3/t18-/m0/s1. The highest BCUT2D eigenvalue weighted by Crippen LogP contribution is 2.40. The highest BCUT2D eigenvalue weighted by Gasteiger charge is 2.28. The molecular weight excluding hydrogens is 416 g/mol. The first-order valence-electron chi connectivity index (χ1n) is 12.0. The van der Waals surface area contributed by atoms with Crippen LogP contribution in [-0.4, -0.2) is 47.0 Å². The molecule has 1 aliphatic heterocycles. The maximum absolute atomic E-state index is 13.0. The Bertz CT molecular complexity index is 1130. The summed E-state index contributed by atoms with van der Waals surface area (Å²) in [5.74, 6) is 2.55. The molecule has 0 saturated carbocycles. The average Bonchev–Trinajstić information content (AvgIpc) is 3.21. The lowest BCUT2D eigenvalue weighted by Gasteiger charge is -2.36. The van der Waals surface area contributed by atoms with Crippen LogP contribution >= 0.6 is 11.3 Å². The number of carbonyl (C=O) groups excluding carboxylic acids is 1. The molecule has 5 rings (SSSR count). The molecule has 1 aliphatic carbocycles. The van der Waals surface area contributed by atoms with E-state index in [0.717, 1.165) is 61.1 Å². The molecule has 32 heavy (non-hydrogen) atoms. The lowest BCUT2D eigenvalue weighted by atomic mass is 9.96. The zero-order valence-electron chi connectivity index (χ0n) is 19.4. The molecule has 5 nitrogen and oxygen atoms in total. The molecule has 0 radical (unpaired) electrons. The minimum atomic E-state index is 0.130. The molecule has 2 aromatic heterocycles. The van der Waals surface area contributed by atoms with Gasteiger partial charge in [-0.1, -0.05) is 31.5 Å². The van der Waals surface area contributed by atoms with Gasteiger partial charge >= 0.3 is 0 Å². The van der Waals surface area contributed by atoms with E-state index >= 15 is 0 Å². The zero-order chi connectivity index (χ0) is 22.2. The fourth-order valence-electron chi connectivity index (χ4n) is 4.79. The van der Waals surface area contributed by atoms with E-state index in [9.17, 15) is 4.79 Å². The maximum atomic E-state index is 13.0. The second kappa shape index (κ2) is 8.81. The van der Waals surface area contributed by atoms with E-state index in [2.05, 4.69) is 18.7 Å². The quantitative estimate of drug-likeness (QED) is 0.539. The molecule has 168 valence electrons. The Kier molecular flexibility index (Phi) is 5.89. The maximum Gasteiger partial charge on any atom is 0.253 e. The molecule has 1 aromatic carbocycles. The van der Waals surface area contributed by atoms with Crippen molar-refractivity contribution in [1.82, 2.24) is 14.9 Å². The summed E-state index contributed by atoms with van der Waals surface area (Å²) < 4.78 is 0. The van der Waals surface area contributed by atoms with Gasteiger partial charge < -0.3 is 9.80 Å². The predicted octanol–water partition coefficient (Wildman–Crippen LogP) is 5.35. The van der Waals surface area contributed by atoms with Crippen molar-refractivity contribution in [3.8, 4) is 0 Å². The number of rotatable bonds is 4. The molecule has 3 aromatic rings. The van der Waals surface area contributed by atoms with Crippen LogP contribution in [0.5, 0.6) is 0 Å². The number of hydrogen-bond donors (Lipinski definition) is 0. The number of piperazine rings is 1. The third-order valence-corrected chi connectivity index (χ3v) is 8.22. The number of hydrogen-bond acceptors (Lipinski definition) is 5. The Labute approximate surface area is 194 Å². The van der Waals surface area contributed by atoms with Gasteiger partial charge in [-0.2, -0.15) is 0 Å². The molecule has 1 atom stereocenters. The van der Waals surface area contributed by atoms with Crippen LogP contribution in [0.15, 0.2) is 24.3 Å². The molecule has 0 unspecified atom stereocenters. The minimum absolute atomic E-state index is 0.130. The number of carbonyl (C=O) groups is 1. The molecule has 3 heterocycles. The lowest BCUT2D eigenvalue weighted by Crippen LogP contribution is -2.49. The monoisotopic (exact) mass is 448 g/mol. The fourth-order valence-corrected chi connectivity index (χ4v) is 6.05. The smallest absolute Gasteiger partial charge is 0.253 e. The number of nitrogens with zero attached hydrogens (tertiary/aromatic N) is 4. The molecule has 1 saturated heterocycles. The van der Waals surface area contributed by atoms with Gasteiger partial charge in [0.1, 0.15) is 16.5 Å². The van der Waals surface area contributed by atoms with Gasteiger partial charge in [0.25, 0.3) is 5.91 Å². The Morgan fingerprint density at radius 2 is 1.78 bits per heavy atom. The number of benzene rings is 1. The second-order valence-corrected chi connectivity index (χ2v) is 10.3. The number of aryl methyl sites for hydroxylation is 3. The Hall–Kier alpha value is -2.47. The summed E-state index contributed by atoms with van der Waals surface area (Å²) in [7, 11) is 0. The van der Waals surface area contributed by atoms with Crippen molar-refractivity contribution < 1.29 is 4.79 Å². The summed E-state index contributed by atoms with van der Waals surface area (Å²) in [6, 6.07) is 7.90. The summed E-state index contributed by atoms with van der Waals surface area (Å²) in [4.78, 5) is 30.2. The summed E-state index contributed by atoms with van der Waals surface area (Å²) in [6.45, 7) is 9.55. The molecular formula is C26H32N4OS. The van der Waals surface area contributed by atoms with Crippen LogP contribution in [0.25, 0.3) is 10.2 Å². The topological polar surface area (TPSA) is 49.3 Å². The largest absolute Gasteiger partial charge is 0.352 e. The molecule has 1 amide bonds. The summed E-state index contributed by atoms with van der Waals surface area (Å²) in [5.41, 5.74) is 3.44. The van der Waals surface area contributed by atoms with E-state index in [0.29, 0.717) is 5.92 Å². The van der Waals surface area contributed by atoms with Gasteiger partial charge in [0, 0.05) is 42.5 Å². The number of thiophene rings is 1. The van der Waals surface area contributed by atoms with Crippen LogP contribution in [0, 0.1) is 6.92 Å². The fraction of sp³-hybridized carbons (Fsp3) is 0.500. The lowest BCUT2D eigenvalue weighted by molar-refractivity contribution is 0.0746. The Morgan fingerprint density at radius 3 is 2.50 bits per heavy atom. The SMILES string of the molecule is CC[C@H](C)c1nc(N2CCN(C(=O)c3ccc(C)cc3)CC2)c2c3c(sc2n1)CCCC3. The number of aromatic nitrogens is 2. The van der Waals surface area contributed by atoms with Crippen molar-refractivity contribution in [2.45, 2.75) is 58.8 Å². The number of amides is 1. The number of fused-ring (bicyclic) bond motifs is 3. The Balaban J connectivity index is 1.43. The zero-order valence-corrected chi connectivity index (χ0v) is 20.2. The van der Waals surface area contributed by atoms with Gasteiger partial charge in [0.2, 0.25) is 0 Å². The highest BCUT2D eigenvalue weighted by molar-refractivity contribution is 7.19. The first-order chi connectivity index (χ1) is 15.5.